The minimum absolute atomic E-state index is 0.0238. The van der Waals surface area contributed by atoms with Crippen LogP contribution in [0.5, 0.6) is 0 Å². The summed E-state index contributed by atoms with van der Waals surface area (Å²) in [6, 6.07) is 9.92. The molecule has 1 amide bonds. The molecule has 0 atom stereocenters. The second-order valence-corrected chi connectivity index (χ2v) is 10.4. The highest BCUT2D eigenvalue weighted by atomic mass is 32.2. The first-order chi connectivity index (χ1) is 16.6. The molecule has 5 rings (SSSR count). The number of pyridine rings is 1. The maximum Gasteiger partial charge on any atom is 0.282 e. The molecule has 0 saturated heterocycles. The fourth-order valence-electron chi connectivity index (χ4n) is 4.76. The minimum Gasteiger partial charge on any atom is -0.331 e. The van der Waals surface area contributed by atoms with Crippen LogP contribution in [0.25, 0.3) is 22.0 Å². The molecule has 0 spiro atoms. The molecular weight excluding hydrogens is 476 g/mol. The summed E-state index contributed by atoms with van der Waals surface area (Å²) < 4.78 is 55.9. The van der Waals surface area contributed by atoms with Crippen LogP contribution in [0.2, 0.25) is 0 Å². The van der Waals surface area contributed by atoms with E-state index < -0.39 is 33.1 Å². The third kappa shape index (κ3) is 4.25. The number of carbonyl (C=O) groups is 1. The molecule has 0 aliphatic heterocycles. The zero-order valence-electron chi connectivity index (χ0n) is 18.7. The van der Waals surface area contributed by atoms with Gasteiger partial charge in [0.05, 0.1) is 12.8 Å². The fraction of sp³-hybridized carbons (Fsp3) is 0.200. The van der Waals surface area contributed by atoms with Crippen molar-refractivity contribution in [2.45, 2.75) is 25.8 Å². The molecule has 10 heteroatoms. The summed E-state index contributed by atoms with van der Waals surface area (Å²) in [4.78, 5) is 28.7. The lowest BCUT2D eigenvalue weighted by Gasteiger charge is -2.13. The second kappa shape index (κ2) is 8.46. The van der Waals surface area contributed by atoms with Crippen LogP contribution in [0, 0.1) is 11.6 Å². The van der Waals surface area contributed by atoms with Crippen molar-refractivity contribution >= 4 is 26.8 Å². The summed E-state index contributed by atoms with van der Waals surface area (Å²) in [7, 11) is -3.97. The Morgan fingerprint density at radius 2 is 1.86 bits per heavy atom. The average Bonchev–Trinajstić information content (AvgIpc) is 3.36. The Morgan fingerprint density at radius 3 is 2.57 bits per heavy atom. The predicted molar refractivity (Wildman–Crippen MR) is 128 cm³/mol. The van der Waals surface area contributed by atoms with Gasteiger partial charge in [0.15, 0.2) is 0 Å². The highest BCUT2D eigenvalue weighted by Gasteiger charge is 2.29. The quantitative estimate of drug-likeness (QED) is 0.441. The molecule has 2 aromatic heterocycles. The number of benzene rings is 2. The van der Waals surface area contributed by atoms with Gasteiger partial charge in [0, 0.05) is 33.8 Å². The van der Waals surface area contributed by atoms with E-state index in [9.17, 15) is 26.8 Å². The molecule has 0 unspecified atom stereocenters. The number of fused-ring (bicyclic) bond motifs is 2. The molecule has 2 aromatic carbocycles. The number of aromatic amines is 1. The van der Waals surface area contributed by atoms with E-state index in [1.807, 2.05) is 16.9 Å². The maximum atomic E-state index is 14.6. The lowest BCUT2D eigenvalue weighted by molar-refractivity contribution is 0.0974. The van der Waals surface area contributed by atoms with Crippen LogP contribution in [0.3, 0.4) is 0 Å². The van der Waals surface area contributed by atoms with Crippen LogP contribution in [0.15, 0.2) is 53.5 Å². The topological polar surface area (TPSA) is 101 Å². The van der Waals surface area contributed by atoms with Crippen molar-refractivity contribution in [1.82, 2.24) is 14.3 Å². The minimum atomic E-state index is -3.97. The molecule has 7 nitrogen and oxygen atoms in total. The number of sulfonamides is 1. The van der Waals surface area contributed by atoms with Gasteiger partial charge in [-0.25, -0.2) is 21.9 Å². The van der Waals surface area contributed by atoms with Crippen LogP contribution >= 0.6 is 0 Å². The van der Waals surface area contributed by atoms with Crippen molar-refractivity contribution in [1.29, 1.82) is 0 Å². The number of aromatic nitrogens is 2. The zero-order chi connectivity index (χ0) is 24.9. The first-order valence-electron chi connectivity index (χ1n) is 10.9. The lowest BCUT2D eigenvalue weighted by Crippen LogP contribution is -2.32. The highest BCUT2D eigenvalue weighted by molar-refractivity contribution is 7.89. The van der Waals surface area contributed by atoms with Gasteiger partial charge in [0.1, 0.15) is 17.3 Å². The summed E-state index contributed by atoms with van der Waals surface area (Å²) >= 11 is 0. The largest absolute Gasteiger partial charge is 0.331 e. The van der Waals surface area contributed by atoms with E-state index in [0.29, 0.717) is 10.9 Å². The van der Waals surface area contributed by atoms with E-state index in [-0.39, 0.29) is 28.9 Å². The molecule has 2 heterocycles. The van der Waals surface area contributed by atoms with Gasteiger partial charge in [-0.3, -0.25) is 9.59 Å². The summed E-state index contributed by atoms with van der Waals surface area (Å²) in [6.07, 6.45) is 4.87. The predicted octanol–water partition coefficient (Wildman–Crippen LogP) is 3.50. The first-order valence-corrected chi connectivity index (χ1v) is 12.8. The number of rotatable bonds is 5. The van der Waals surface area contributed by atoms with E-state index in [1.54, 1.807) is 6.07 Å². The van der Waals surface area contributed by atoms with Crippen molar-refractivity contribution in [3.05, 3.63) is 93.0 Å². The van der Waals surface area contributed by atoms with Crippen molar-refractivity contribution in [3.63, 3.8) is 0 Å². The van der Waals surface area contributed by atoms with Gasteiger partial charge in [-0.1, -0.05) is 0 Å². The molecule has 35 heavy (non-hydrogen) atoms. The van der Waals surface area contributed by atoms with E-state index in [4.69, 9.17) is 0 Å². The van der Waals surface area contributed by atoms with Gasteiger partial charge in [-0.15, -0.1) is 0 Å². The van der Waals surface area contributed by atoms with Gasteiger partial charge >= 0.3 is 0 Å². The van der Waals surface area contributed by atoms with Crippen LogP contribution in [0.1, 0.15) is 33.6 Å². The van der Waals surface area contributed by atoms with Gasteiger partial charge in [-0.05, 0) is 72.9 Å². The number of nitrogens with zero attached hydrogens (tertiary/aromatic N) is 1. The molecule has 180 valence electrons. The Morgan fingerprint density at radius 1 is 1.11 bits per heavy atom. The van der Waals surface area contributed by atoms with Crippen molar-refractivity contribution in [3.8, 4) is 11.1 Å². The number of nitrogens with one attached hydrogen (secondary N) is 2. The Bertz CT molecular complexity index is 1670. The number of amides is 1. The van der Waals surface area contributed by atoms with Gasteiger partial charge in [0.25, 0.3) is 11.5 Å². The number of hydrogen-bond donors (Lipinski definition) is 2. The van der Waals surface area contributed by atoms with Crippen molar-refractivity contribution in [2.24, 2.45) is 0 Å². The Labute approximate surface area is 199 Å². The molecule has 0 bridgehead atoms. The SMILES string of the molecule is CS(=O)(=O)NC(=O)c1c(-c2ccc[nH]c2=O)c2cc3c(cc2n1Cc1cc(F)ccc1F)CCC3. The van der Waals surface area contributed by atoms with Crippen LogP contribution in [0.4, 0.5) is 8.78 Å². The average molecular weight is 498 g/mol. The van der Waals surface area contributed by atoms with Crippen LogP contribution < -0.4 is 10.3 Å². The summed E-state index contributed by atoms with van der Waals surface area (Å²) in [5, 5.41) is 0.554. The number of halogens is 2. The van der Waals surface area contributed by atoms with E-state index in [0.717, 1.165) is 54.8 Å². The molecule has 1 aliphatic carbocycles. The Hall–Kier alpha value is -3.79. The summed E-state index contributed by atoms with van der Waals surface area (Å²) in [5.41, 5.74) is 2.40. The number of carbonyl (C=O) groups excluding carboxylic acids is 1. The molecular formula is C25H21F2N3O4S. The maximum absolute atomic E-state index is 14.6. The lowest BCUT2D eigenvalue weighted by atomic mass is 10.00. The zero-order valence-corrected chi connectivity index (χ0v) is 19.5. The third-order valence-corrected chi connectivity index (χ3v) is 6.75. The van der Waals surface area contributed by atoms with E-state index in [1.165, 1.54) is 16.8 Å². The van der Waals surface area contributed by atoms with E-state index >= 15 is 0 Å². The first kappa shape index (κ1) is 23.0. The molecule has 0 radical (unpaired) electrons. The molecule has 4 aromatic rings. The molecule has 2 N–H and O–H groups in total. The van der Waals surface area contributed by atoms with Crippen LogP contribution in [-0.4, -0.2) is 30.1 Å². The standard InChI is InChI=1S/C25H21F2N3O4S/c1-35(33,34)29-25(32)23-22(18-6-3-9-28-24(18)31)19-11-14-4-2-5-15(14)12-21(19)30(23)13-16-10-17(26)7-8-20(16)27/h3,6-12H,2,4-5,13H2,1H3,(H,28,31)(H,29,32). The number of aryl methyl sites for hydroxylation is 2. The smallest absolute Gasteiger partial charge is 0.282 e. The van der Waals surface area contributed by atoms with Crippen molar-refractivity contribution < 1.29 is 22.0 Å². The molecule has 1 aliphatic rings. The van der Waals surface area contributed by atoms with Gasteiger partial charge < -0.3 is 9.55 Å². The Balaban J connectivity index is 1.88. The monoisotopic (exact) mass is 497 g/mol. The molecule has 0 saturated carbocycles. The number of H-pyrrole nitrogens is 1. The second-order valence-electron chi connectivity index (χ2n) is 8.65. The van der Waals surface area contributed by atoms with Crippen molar-refractivity contribution in [2.75, 3.05) is 6.26 Å². The van der Waals surface area contributed by atoms with Gasteiger partial charge in [-0.2, -0.15) is 0 Å². The summed E-state index contributed by atoms with van der Waals surface area (Å²) in [5.74, 6) is -2.30. The third-order valence-electron chi connectivity index (χ3n) is 6.19. The van der Waals surface area contributed by atoms with Crippen LogP contribution in [-0.2, 0) is 29.4 Å². The Kier molecular flexibility index (Phi) is 5.55. The highest BCUT2D eigenvalue weighted by Crippen LogP contribution is 2.38. The van der Waals surface area contributed by atoms with E-state index in [2.05, 4.69) is 4.98 Å². The number of hydrogen-bond acceptors (Lipinski definition) is 4. The normalized spacial score (nSPS) is 13.2. The molecule has 0 fully saturated rings. The fourth-order valence-corrected chi connectivity index (χ4v) is 5.19. The van der Waals surface area contributed by atoms with Gasteiger partial charge in [0.2, 0.25) is 10.0 Å². The summed E-state index contributed by atoms with van der Waals surface area (Å²) in [6.45, 7) is -0.254.